The number of carbonyl (C=O) groups excluding carboxylic acids is 1. The number of thioether (sulfide) groups is 1. The third-order valence-electron chi connectivity index (χ3n) is 4.24. The number of pyridine rings is 1. The summed E-state index contributed by atoms with van der Waals surface area (Å²) < 4.78 is 13.1. The lowest BCUT2D eigenvalue weighted by molar-refractivity contribution is -0.124. The highest BCUT2D eigenvalue weighted by Crippen LogP contribution is 2.44. The van der Waals surface area contributed by atoms with Gasteiger partial charge in [0.1, 0.15) is 5.82 Å². The minimum Gasteiger partial charge on any atom is -0.324 e. The van der Waals surface area contributed by atoms with Crippen LogP contribution in [0.4, 0.5) is 10.1 Å². The van der Waals surface area contributed by atoms with E-state index in [0.29, 0.717) is 5.69 Å². The predicted octanol–water partition coefficient (Wildman–Crippen LogP) is 4.00. The Labute approximate surface area is 133 Å². The van der Waals surface area contributed by atoms with Crippen LogP contribution < -0.4 is 5.32 Å². The number of nitrogens with zero attached hydrogens (tertiary/aromatic N) is 1. The first-order chi connectivity index (χ1) is 10.6. The topological polar surface area (TPSA) is 42.0 Å². The number of nitrogens with one attached hydrogen (secondary N) is 1. The van der Waals surface area contributed by atoms with Gasteiger partial charge in [-0.15, -0.1) is 11.8 Å². The van der Waals surface area contributed by atoms with Gasteiger partial charge in [-0.1, -0.05) is 18.6 Å². The van der Waals surface area contributed by atoms with Crippen LogP contribution in [0.5, 0.6) is 0 Å². The van der Waals surface area contributed by atoms with E-state index in [1.807, 2.05) is 18.4 Å². The van der Waals surface area contributed by atoms with Crippen LogP contribution in [0.3, 0.4) is 0 Å². The van der Waals surface area contributed by atoms with Crippen LogP contribution in [0, 0.1) is 5.82 Å². The Morgan fingerprint density at radius 2 is 1.95 bits per heavy atom. The molecule has 0 atom stereocenters. The van der Waals surface area contributed by atoms with E-state index in [-0.39, 0.29) is 11.7 Å². The fourth-order valence-electron chi connectivity index (χ4n) is 2.77. The van der Waals surface area contributed by atoms with Crippen LogP contribution in [-0.2, 0) is 10.2 Å². The van der Waals surface area contributed by atoms with Gasteiger partial charge in [0.15, 0.2) is 0 Å². The van der Waals surface area contributed by atoms with Crippen molar-refractivity contribution in [3.05, 3.63) is 54.0 Å². The highest BCUT2D eigenvalue weighted by Gasteiger charge is 2.45. The molecule has 0 radical (unpaired) electrons. The van der Waals surface area contributed by atoms with Crippen molar-refractivity contribution in [1.29, 1.82) is 0 Å². The van der Waals surface area contributed by atoms with Crippen LogP contribution in [0.1, 0.15) is 24.8 Å². The lowest BCUT2D eigenvalue weighted by Gasteiger charge is -2.40. The molecule has 1 heterocycles. The standard InChI is InChI=1S/C17H17FN2OS/c1-22-15-8-7-14(11-19-15)20-16(21)17(9-2-10-17)12-3-5-13(18)6-4-12/h3-8,11H,2,9-10H2,1H3,(H,20,21). The van der Waals surface area contributed by atoms with Crippen molar-refractivity contribution in [3.8, 4) is 0 Å². The maximum Gasteiger partial charge on any atom is 0.235 e. The molecule has 1 fully saturated rings. The molecule has 1 aromatic heterocycles. The van der Waals surface area contributed by atoms with Gasteiger partial charge in [0.05, 0.1) is 22.3 Å². The van der Waals surface area contributed by atoms with E-state index in [9.17, 15) is 9.18 Å². The van der Waals surface area contributed by atoms with E-state index in [0.717, 1.165) is 29.9 Å². The van der Waals surface area contributed by atoms with Crippen molar-refractivity contribution in [2.45, 2.75) is 29.7 Å². The zero-order valence-corrected chi connectivity index (χ0v) is 13.1. The summed E-state index contributed by atoms with van der Waals surface area (Å²) in [4.78, 5) is 17.0. The number of carbonyl (C=O) groups is 1. The van der Waals surface area contributed by atoms with Gasteiger partial charge in [-0.2, -0.15) is 0 Å². The SMILES string of the molecule is CSc1ccc(NC(=O)C2(c3ccc(F)cc3)CCC2)cn1. The average molecular weight is 316 g/mol. The molecule has 114 valence electrons. The number of hydrogen-bond acceptors (Lipinski definition) is 3. The summed E-state index contributed by atoms with van der Waals surface area (Å²) in [5, 5.41) is 3.86. The molecule has 0 bridgehead atoms. The van der Waals surface area contributed by atoms with Crippen molar-refractivity contribution in [2.75, 3.05) is 11.6 Å². The number of halogens is 1. The Morgan fingerprint density at radius 3 is 2.45 bits per heavy atom. The van der Waals surface area contributed by atoms with Crippen LogP contribution in [0.2, 0.25) is 0 Å². The molecule has 1 N–H and O–H groups in total. The summed E-state index contributed by atoms with van der Waals surface area (Å²) in [7, 11) is 0. The van der Waals surface area contributed by atoms with E-state index in [4.69, 9.17) is 0 Å². The smallest absolute Gasteiger partial charge is 0.235 e. The van der Waals surface area contributed by atoms with Crippen molar-refractivity contribution >= 4 is 23.4 Å². The van der Waals surface area contributed by atoms with Gasteiger partial charge < -0.3 is 5.32 Å². The minimum atomic E-state index is -0.536. The van der Waals surface area contributed by atoms with Crippen molar-refractivity contribution in [2.24, 2.45) is 0 Å². The molecule has 22 heavy (non-hydrogen) atoms. The Kier molecular flexibility index (Phi) is 4.16. The second-order valence-corrected chi connectivity index (χ2v) is 6.31. The first-order valence-electron chi connectivity index (χ1n) is 7.22. The summed E-state index contributed by atoms with van der Waals surface area (Å²) in [5.41, 5.74) is 1.04. The van der Waals surface area contributed by atoms with Crippen LogP contribution in [-0.4, -0.2) is 17.1 Å². The normalized spacial score (nSPS) is 15.9. The zero-order valence-electron chi connectivity index (χ0n) is 12.3. The van der Waals surface area contributed by atoms with Gasteiger partial charge in [0.2, 0.25) is 5.91 Å². The van der Waals surface area contributed by atoms with E-state index in [1.165, 1.54) is 12.1 Å². The Morgan fingerprint density at radius 1 is 1.23 bits per heavy atom. The highest BCUT2D eigenvalue weighted by atomic mass is 32.2. The molecular formula is C17H17FN2OS. The zero-order chi connectivity index (χ0) is 15.6. The summed E-state index contributed by atoms with van der Waals surface area (Å²) >= 11 is 1.56. The number of benzene rings is 1. The second-order valence-electron chi connectivity index (χ2n) is 5.49. The second kappa shape index (κ2) is 6.08. The van der Waals surface area contributed by atoms with Crippen molar-refractivity contribution in [3.63, 3.8) is 0 Å². The monoisotopic (exact) mass is 316 g/mol. The maximum absolute atomic E-state index is 13.1. The lowest BCUT2D eigenvalue weighted by Crippen LogP contribution is -2.46. The molecule has 1 saturated carbocycles. The fourth-order valence-corrected chi connectivity index (χ4v) is 3.13. The number of rotatable bonds is 4. The molecule has 0 spiro atoms. The highest BCUT2D eigenvalue weighted by molar-refractivity contribution is 7.98. The maximum atomic E-state index is 13.1. The largest absolute Gasteiger partial charge is 0.324 e. The summed E-state index contributed by atoms with van der Waals surface area (Å²) in [6.45, 7) is 0. The van der Waals surface area contributed by atoms with E-state index in [1.54, 1.807) is 30.1 Å². The molecule has 1 amide bonds. The van der Waals surface area contributed by atoms with Gasteiger partial charge >= 0.3 is 0 Å². The molecular weight excluding hydrogens is 299 g/mol. The summed E-state index contributed by atoms with van der Waals surface area (Å²) in [6.07, 6.45) is 6.22. The van der Waals surface area contributed by atoms with Gasteiger partial charge in [0, 0.05) is 0 Å². The Bertz CT molecular complexity index is 666. The van der Waals surface area contributed by atoms with Crippen molar-refractivity contribution in [1.82, 2.24) is 4.98 Å². The molecule has 2 aromatic rings. The summed E-state index contributed by atoms with van der Waals surface area (Å²) in [5.74, 6) is -0.320. The van der Waals surface area contributed by atoms with E-state index in [2.05, 4.69) is 10.3 Å². The fraction of sp³-hybridized carbons (Fsp3) is 0.294. The lowest BCUT2D eigenvalue weighted by atomic mass is 9.64. The Balaban J connectivity index is 1.80. The molecule has 0 saturated heterocycles. The predicted molar refractivity (Wildman–Crippen MR) is 86.6 cm³/mol. The van der Waals surface area contributed by atoms with Crippen LogP contribution >= 0.6 is 11.8 Å². The molecule has 3 nitrogen and oxygen atoms in total. The molecule has 1 aliphatic rings. The average Bonchev–Trinajstić information content (AvgIpc) is 2.49. The quantitative estimate of drug-likeness (QED) is 0.867. The number of aromatic nitrogens is 1. The Hall–Kier alpha value is -1.88. The molecule has 0 unspecified atom stereocenters. The van der Waals surface area contributed by atoms with E-state index >= 15 is 0 Å². The van der Waals surface area contributed by atoms with Gasteiger partial charge in [-0.05, 0) is 48.9 Å². The minimum absolute atomic E-state index is 0.0379. The third-order valence-corrected chi connectivity index (χ3v) is 4.90. The first kappa shape index (κ1) is 15.0. The molecule has 1 aromatic carbocycles. The van der Waals surface area contributed by atoms with Gasteiger partial charge in [-0.3, -0.25) is 4.79 Å². The van der Waals surface area contributed by atoms with Crippen LogP contribution in [0.15, 0.2) is 47.6 Å². The molecule has 5 heteroatoms. The first-order valence-corrected chi connectivity index (χ1v) is 8.44. The van der Waals surface area contributed by atoms with Gasteiger partial charge in [0.25, 0.3) is 0 Å². The van der Waals surface area contributed by atoms with E-state index < -0.39 is 5.41 Å². The van der Waals surface area contributed by atoms with Crippen LogP contribution in [0.25, 0.3) is 0 Å². The number of amides is 1. The number of anilines is 1. The molecule has 0 aliphatic heterocycles. The van der Waals surface area contributed by atoms with Gasteiger partial charge in [-0.25, -0.2) is 9.37 Å². The third kappa shape index (κ3) is 2.73. The number of hydrogen-bond donors (Lipinski definition) is 1. The summed E-state index contributed by atoms with van der Waals surface area (Å²) in [6, 6.07) is 9.99. The molecule has 1 aliphatic carbocycles. The van der Waals surface area contributed by atoms with Crippen molar-refractivity contribution < 1.29 is 9.18 Å². The molecule has 3 rings (SSSR count).